The minimum Gasteiger partial charge on any atom is -0.368 e. The summed E-state index contributed by atoms with van der Waals surface area (Å²) in [6, 6.07) is 0. The van der Waals surface area contributed by atoms with Crippen LogP contribution in [0.25, 0.3) is 0 Å². The Balaban J connectivity index is 2.28. The summed E-state index contributed by atoms with van der Waals surface area (Å²) in [4.78, 5) is 9.51. The van der Waals surface area contributed by atoms with Crippen molar-refractivity contribution in [3.63, 3.8) is 0 Å². The summed E-state index contributed by atoms with van der Waals surface area (Å²) in [5.41, 5.74) is 0. The van der Waals surface area contributed by atoms with Crippen LogP contribution in [0.4, 0.5) is 4.79 Å². The van der Waals surface area contributed by atoms with Gasteiger partial charge in [0.2, 0.25) is 0 Å². The molecule has 1 N–H and O–H groups in total. The van der Waals surface area contributed by atoms with Crippen LogP contribution in [0.3, 0.4) is 0 Å². The SMILES string of the molecule is O=C1OC(O)O1. The first-order valence-electron chi connectivity index (χ1n) is 1.34. The molecule has 0 unspecified atom stereocenters. The van der Waals surface area contributed by atoms with E-state index in [-0.39, 0.29) is 0 Å². The monoisotopic (exact) mass is 90.0 g/mol. The second kappa shape index (κ2) is 0.844. The standard InChI is InChI=1S/C2H2O4/c3-1-5-2(4)6-1/h1,3H. The number of ether oxygens (including phenoxy) is 2. The van der Waals surface area contributed by atoms with E-state index >= 15 is 0 Å². The van der Waals surface area contributed by atoms with E-state index in [4.69, 9.17) is 5.11 Å². The van der Waals surface area contributed by atoms with Gasteiger partial charge in [-0.05, 0) is 0 Å². The van der Waals surface area contributed by atoms with Crippen molar-refractivity contribution in [3.05, 3.63) is 0 Å². The molecule has 4 heteroatoms. The number of aliphatic hydroxyl groups excluding tert-OH is 1. The molecule has 4 nitrogen and oxygen atoms in total. The zero-order chi connectivity index (χ0) is 4.57. The van der Waals surface area contributed by atoms with Crippen molar-refractivity contribution in [2.45, 2.75) is 6.48 Å². The summed E-state index contributed by atoms with van der Waals surface area (Å²) in [7, 11) is 0. The summed E-state index contributed by atoms with van der Waals surface area (Å²) in [5.74, 6) is 0. The van der Waals surface area contributed by atoms with Crippen LogP contribution in [0.5, 0.6) is 0 Å². The van der Waals surface area contributed by atoms with Gasteiger partial charge in [0.05, 0.1) is 0 Å². The third-order valence-electron chi connectivity index (χ3n) is 0.394. The number of hydrogen-bond acceptors (Lipinski definition) is 4. The molecule has 0 spiro atoms. The molecule has 1 saturated heterocycles. The lowest BCUT2D eigenvalue weighted by atomic mass is 11.0. The molecule has 0 amide bonds. The second-order valence-corrected chi connectivity index (χ2v) is 0.793. The van der Waals surface area contributed by atoms with Crippen LogP contribution in [0.2, 0.25) is 0 Å². The highest BCUT2D eigenvalue weighted by Crippen LogP contribution is 2.04. The molecule has 1 rings (SSSR count). The van der Waals surface area contributed by atoms with Crippen LogP contribution in [0.1, 0.15) is 0 Å². The van der Waals surface area contributed by atoms with Crippen molar-refractivity contribution >= 4 is 6.16 Å². The maximum absolute atomic E-state index is 9.51. The first-order chi connectivity index (χ1) is 2.79. The Bertz CT molecular complexity index is 69.6. The average Bonchev–Trinajstić information content (AvgIpc) is 1.33. The normalized spacial score (nSPS) is 21.2. The van der Waals surface area contributed by atoms with Crippen molar-refractivity contribution in [1.29, 1.82) is 0 Å². The quantitative estimate of drug-likeness (QED) is 0.404. The van der Waals surface area contributed by atoms with Crippen LogP contribution < -0.4 is 0 Å². The van der Waals surface area contributed by atoms with Crippen LogP contribution in [0, 0.1) is 0 Å². The molecule has 0 aromatic heterocycles. The van der Waals surface area contributed by atoms with Crippen molar-refractivity contribution in [1.82, 2.24) is 0 Å². The minimum absolute atomic E-state index is 0.817. The Labute approximate surface area is 33.3 Å². The summed E-state index contributed by atoms with van der Waals surface area (Å²) in [5, 5.41) is 7.95. The van der Waals surface area contributed by atoms with E-state index < -0.39 is 12.6 Å². The zero-order valence-corrected chi connectivity index (χ0v) is 2.75. The largest absolute Gasteiger partial charge is 0.518 e. The van der Waals surface area contributed by atoms with Crippen LogP contribution in [-0.2, 0) is 9.47 Å². The van der Waals surface area contributed by atoms with Crippen molar-refractivity contribution in [3.8, 4) is 0 Å². The van der Waals surface area contributed by atoms with Gasteiger partial charge in [0.1, 0.15) is 0 Å². The zero-order valence-electron chi connectivity index (χ0n) is 2.75. The number of carbonyl (C=O) groups excluding carboxylic acids is 1. The van der Waals surface area contributed by atoms with E-state index in [9.17, 15) is 4.79 Å². The highest BCUT2D eigenvalue weighted by atomic mass is 17.0. The minimum atomic E-state index is -1.31. The van der Waals surface area contributed by atoms with E-state index in [0.29, 0.717) is 0 Å². The molecule has 1 fully saturated rings. The summed E-state index contributed by atoms with van der Waals surface area (Å²) < 4.78 is 7.67. The molecule has 0 saturated carbocycles. The number of carbonyl (C=O) groups is 1. The van der Waals surface area contributed by atoms with E-state index in [1.165, 1.54) is 0 Å². The first-order valence-corrected chi connectivity index (χ1v) is 1.34. The third-order valence-corrected chi connectivity index (χ3v) is 0.394. The van der Waals surface area contributed by atoms with Crippen molar-refractivity contribution < 1.29 is 19.4 Å². The predicted octanol–water partition coefficient (Wildman–Crippen LogP) is -0.571. The molecular weight excluding hydrogens is 88.0 g/mol. The fraction of sp³-hybridized carbons (Fsp3) is 0.500. The molecule has 6 heavy (non-hydrogen) atoms. The number of rotatable bonds is 0. The number of hydrogen-bond donors (Lipinski definition) is 1. The van der Waals surface area contributed by atoms with Gasteiger partial charge in [-0.1, -0.05) is 0 Å². The Morgan fingerprint density at radius 1 is 1.67 bits per heavy atom. The highest BCUT2D eigenvalue weighted by molar-refractivity contribution is 5.63. The Morgan fingerprint density at radius 2 is 2.17 bits per heavy atom. The van der Waals surface area contributed by atoms with Crippen molar-refractivity contribution in [2.24, 2.45) is 0 Å². The highest BCUT2D eigenvalue weighted by Gasteiger charge is 2.26. The number of cyclic esters (lactones) is 2. The van der Waals surface area contributed by atoms with Crippen LogP contribution in [-0.4, -0.2) is 17.7 Å². The summed E-state index contributed by atoms with van der Waals surface area (Å²) in [6.07, 6.45) is -0.817. The van der Waals surface area contributed by atoms with E-state index in [1.807, 2.05) is 0 Å². The van der Waals surface area contributed by atoms with Gasteiger partial charge in [0, 0.05) is 0 Å². The van der Waals surface area contributed by atoms with Gasteiger partial charge in [-0.25, -0.2) is 4.79 Å². The number of aliphatic hydroxyl groups is 1. The predicted molar refractivity (Wildman–Crippen MR) is 13.6 cm³/mol. The van der Waals surface area contributed by atoms with Gasteiger partial charge in [-0.3, -0.25) is 0 Å². The molecule has 0 radical (unpaired) electrons. The maximum Gasteiger partial charge on any atom is 0.518 e. The summed E-state index contributed by atoms with van der Waals surface area (Å²) >= 11 is 0. The second-order valence-electron chi connectivity index (χ2n) is 0.793. The molecule has 34 valence electrons. The van der Waals surface area contributed by atoms with Gasteiger partial charge >= 0.3 is 12.6 Å². The molecule has 1 aliphatic heterocycles. The van der Waals surface area contributed by atoms with Crippen LogP contribution >= 0.6 is 0 Å². The van der Waals surface area contributed by atoms with Gasteiger partial charge in [0.15, 0.2) is 0 Å². The molecule has 0 atom stereocenters. The van der Waals surface area contributed by atoms with E-state index in [2.05, 4.69) is 9.47 Å². The molecule has 0 aliphatic carbocycles. The Kier molecular flexibility index (Phi) is 0.481. The van der Waals surface area contributed by atoms with Gasteiger partial charge in [-0.15, -0.1) is 0 Å². The molecule has 1 heterocycles. The lowest BCUT2D eigenvalue weighted by molar-refractivity contribution is -0.291. The van der Waals surface area contributed by atoms with E-state index in [1.54, 1.807) is 0 Å². The van der Waals surface area contributed by atoms with Gasteiger partial charge in [-0.2, -0.15) is 0 Å². The molecule has 0 aromatic carbocycles. The third kappa shape index (κ3) is 0.307. The first kappa shape index (κ1) is 3.42. The van der Waals surface area contributed by atoms with Crippen LogP contribution in [0.15, 0.2) is 0 Å². The fourth-order valence-electron chi connectivity index (χ4n) is 0.173. The molecular formula is C2H2O4. The lowest BCUT2D eigenvalue weighted by Gasteiger charge is -2.18. The molecule has 0 bridgehead atoms. The Hall–Kier alpha value is -0.770. The van der Waals surface area contributed by atoms with Gasteiger partial charge in [0.25, 0.3) is 0 Å². The molecule has 1 aliphatic rings. The van der Waals surface area contributed by atoms with Crippen molar-refractivity contribution in [2.75, 3.05) is 0 Å². The fourth-order valence-corrected chi connectivity index (χ4v) is 0.173. The topological polar surface area (TPSA) is 55.8 Å². The lowest BCUT2D eigenvalue weighted by Crippen LogP contribution is -2.34. The van der Waals surface area contributed by atoms with E-state index in [0.717, 1.165) is 0 Å². The maximum atomic E-state index is 9.51. The smallest absolute Gasteiger partial charge is 0.368 e. The molecule has 0 aromatic rings. The average molecular weight is 90.0 g/mol. The Morgan fingerprint density at radius 3 is 2.17 bits per heavy atom. The summed E-state index contributed by atoms with van der Waals surface area (Å²) in [6.45, 7) is -1.31. The van der Waals surface area contributed by atoms with Gasteiger partial charge < -0.3 is 14.6 Å².